The van der Waals surface area contributed by atoms with Crippen molar-refractivity contribution in [1.82, 2.24) is 9.80 Å². The number of carbonyl (C=O) groups is 1. The van der Waals surface area contributed by atoms with Gasteiger partial charge in [-0.2, -0.15) is 0 Å². The molecule has 2 heterocycles. The van der Waals surface area contributed by atoms with Crippen LogP contribution in [-0.2, 0) is 16.1 Å². The van der Waals surface area contributed by atoms with Gasteiger partial charge in [0.05, 0.1) is 6.61 Å². The smallest absolute Gasteiger partial charge is 0.219 e. The fourth-order valence-electron chi connectivity index (χ4n) is 4.64. The van der Waals surface area contributed by atoms with Crippen molar-refractivity contribution < 1.29 is 9.53 Å². The van der Waals surface area contributed by atoms with Crippen LogP contribution in [0.2, 0.25) is 0 Å². The zero-order chi connectivity index (χ0) is 18.0. The highest BCUT2D eigenvalue weighted by molar-refractivity contribution is 5.73. The highest BCUT2D eigenvalue weighted by atomic mass is 16.5. The third kappa shape index (κ3) is 3.90. The molecule has 0 N–H and O–H groups in total. The molecule has 4 nitrogen and oxygen atoms in total. The van der Waals surface area contributed by atoms with Gasteiger partial charge >= 0.3 is 0 Å². The summed E-state index contributed by atoms with van der Waals surface area (Å²) in [6, 6.07) is 6.74. The second kappa shape index (κ2) is 7.46. The van der Waals surface area contributed by atoms with Crippen molar-refractivity contribution in [2.75, 3.05) is 39.9 Å². The molecule has 2 aliphatic rings. The molecule has 1 amide bonds. The van der Waals surface area contributed by atoms with E-state index in [1.807, 2.05) is 4.90 Å². The molecule has 0 bridgehead atoms. The van der Waals surface area contributed by atoms with Crippen molar-refractivity contribution >= 4 is 5.91 Å². The van der Waals surface area contributed by atoms with E-state index in [-0.39, 0.29) is 11.3 Å². The summed E-state index contributed by atoms with van der Waals surface area (Å²) in [4.78, 5) is 16.5. The zero-order valence-electron chi connectivity index (χ0n) is 16.2. The standard InChI is InChI=1S/C21H32N2O2/c1-16-5-6-17(2)19(11-16)12-22-9-7-21(8-10-22)15-23(18(3)24)13-20(21)14-25-4/h5-6,11,20H,7-10,12-15H2,1-4H3/t20-/m1/s1. The second-order valence-corrected chi connectivity index (χ2v) is 8.12. The van der Waals surface area contributed by atoms with Crippen LogP contribution < -0.4 is 0 Å². The molecule has 1 aromatic rings. The minimum atomic E-state index is 0.204. The Morgan fingerprint density at radius 2 is 2.00 bits per heavy atom. The van der Waals surface area contributed by atoms with E-state index in [0.717, 1.165) is 52.2 Å². The average molecular weight is 344 g/mol. The third-order valence-corrected chi connectivity index (χ3v) is 6.38. The first-order valence-electron chi connectivity index (χ1n) is 9.46. The summed E-state index contributed by atoms with van der Waals surface area (Å²) in [6.07, 6.45) is 2.32. The van der Waals surface area contributed by atoms with E-state index in [4.69, 9.17) is 4.74 Å². The molecule has 3 rings (SSSR count). The monoisotopic (exact) mass is 344 g/mol. The fraction of sp³-hybridized carbons (Fsp3) is 0.667. The van der Waals surface area contributed by atoms with Crippen LogP contribution in [0.4, 0.5) is 0 Å². The Morgan fingerprint density at radius 1 is 1.28 bits per heavy atom. The molecule has 0 saturated carbocycles. The van der Waals surface area contributed by atoms with Crippen LogP contribution in [0.3, 0.4) is 0 Å². The van der Waals surface area contributed by atoms with Crippen molar-refractivity contribution in [3.05, 3.63) is 34.9 Å². The lowest BCUT2D eigenvalue weighted by molar-refractivity contribution is -0.128. The summed E-state index contributed by atoms with van der Waals surface area (Å²) in [5.74, 6) is 0.681. The number of methoxy groups -OCH3 is 1. The van der Waals surface area contributed by atoms with Gasteiger partial charge in [-0.25, -0.2) is 0 Å². The number of hydrogen-bond acceptors (Lipinski definition) is 3. The summed E-state index contributed by atoms with van der Waals surface area (Å²) in [5, 5.41) is 0. The number of hydrogen-bond donors (Lipinski definition) is 0. The maximum absolute atomic E-state index is 11.9. The lowest BCUT2D eigenvalue weighted by Crippen LogP contribution is -2.45. The number of aryl methyl sites for hydroxylation is 2. The lowest BCUT2D eigenvalue weighted by Gasteiger charge is -2.42. The first-order chi connectivity index (χ1) is 11.9. The predicted molar refractivity (Wildman–Crippen MR) is 100 cm³/mol. The van der Waals surface area contributed by atoms with Gasteiger partial charge in [0.25, 0.3) is 0 Å². The maximum Gasteiger partial charge on any atom is 0.219 e. The van der Waals surface area contributed by atoms with E-state index < -0.39 is 0 Å². The second-order valence-electron chi connectivity index (χ2n) is 8.12. The molecular formula is C21H32N2O2. The molecule has 1 aromatic carbocycles. The first kappa shape index (κ1) is 18.4. The van der Waals surface area contributed by atoms with Gasteiger partial charge in [-0.05, 0) is 56.3 Å². The minimum Gasteiger partial charge on any atom is -0.384 e. The molecule has 1 spiro atoms. The number of ether oxygens (including phenoxy) is 1. The van der Waals surface area contributed by atoms with E-state index >= 15 is 0 Å². The van der Waals surface area contributed by atoms with E-state index in [1.165, 1.54) is 16.7 Å². The van der Waals surface area contributed by atoms with Crippen LogP contribution >= 0.6 is 0 Å². The number of piperidine rings is 1. The van der Waals surface area contributed by atoms with E-state index in [9.17, 15) is 4.79 Å². The summed E-state index contributed by atoms with van der Waals surface area (Å²) >= 11 is 0. The molecule has 0 unspecified atom stereocenters. The SMILES string of the molecule is COC[C@H]1CN(C(C)=O)CC12CCN(Cc1cc(C)ccc1C)CC2. The molecule has 2 saturated heterocycles. The molecular weight excluding hydrogens is 312 g/mol. The van der Waals surface area contributed by atoms with Crippen molar-refractivity contribution in [3.63, 3.8) is 0 Å². The molecule has 25 heavy (non-hydrogen) atoms. The van der Waals surface area contributed by atoms with E-state index in [1.54, 1.807) is 14.0 Å². The van der Waals surface area contributed by atoms with Gasteiger partial charge in [0.2, 0.25) is 5.91 Å². The molecule has 0 aliphatic carbocycles. The normalized spacial score (nSPS) is 23.4. The number of likely N-dealkylation sites (tertiary alicyclic amines) is 2. The lowest BCUT2D eigenvalue weighted by atomic mass is 9.71. The summed E-state index contributed by atoms with van der Waals surface area (Å²) in [5.41, 5.74) is 4.41. The highest BCUT2D eigenvalue weighted by Gasteiger charge is 2.48. The Balaban J connectivity index is 1.65. The Kier molecular flexibility index (Phi) is 5.49. The topological polar surface area (TPSA) is 32.8 Å². The quantitative estimate of drug-likeness (QED) is 0.842. The van der Waals surface area contributed by atoms with Gasteiger partial charge in [-0.1, -0.05) is 23.8 Å². The Hall–Kier alpha value is -1.39. The fourth-order valence-corrected chi connectivity index (χ4v) is 4.64. The van der Waals surface area contributed by atoms with Gasteiger partial charge in [-0.3, -0.25) is 9.69 Å². The molecule has 138 valence electrons. The number of rotatable bonds is 4. The molecule has 1 atom stereocenters. The molecule has 0 radical (unpaired) electrons. The minimum absolute atomic E-state index is 0.204. The Labute approximate surface area is 152 Å². The summed E-state index contributed by atoms with van der Waals surface area (Å²) < 4.78 is 5.48. The van der Waals surface area contributed by atoms with Gasteiger partial charge in [0.1, 0.15) is 0 Å². The van der Waals surface area contributed by atoms with Gasteiger partial charge in [0, 0.05) is 39.6 Å². The van der Waals surface area contributed by atoms with Crippen LogP contribution in [0, 0.1) is 25.2 Å². The van der Waals surface area contributed by atoms with E-state index in [2.05, 4.69) is 36.9 Å². The molecule has 4 heteroatoms. The highest BCUT2D eigenvalue weighted by Crippen LogP contribution is 2.45. The zero-order valence-corrected chi connectivity index (χ0v) is 16.2. The number of benzene rings is 1. The van der Waals surface area contributed by atoms with Gasteiger partial charge in [0.15, 0.2) is 0 Å². The van der Waals surface area contributed by atoms with Crippen LogP contribution in [0.5, 0.6) is 0 Å². The summed E-state index contributed by atoms with van der Waals surface area (Å²) in [7, 11) is 1.78. The van der Waals surface area contributed by atoms with Crippen molar-refractivity contribution in [2.45, 2.75) is 40.2 Å². The number of carbonyl (C=O) groups excluding carboxylic acids is 1. The van der Waals surface area contributed by atoms with Crippen LogP contribution in [-0.4, -0.2) is 55.6 Å². The largest absolute Gasteiger partial charge is 0.384 e. The van der Waals surface area contributed by atoms with Gasteiger partial charge in [-0.15, -0.1) is 0 Å². The van der Waals surface area contributed by atoms with Gasteiger partial charge < -0.3 is 9.64 Å². The van der Waals surface area contributed by atoms with Crippen LogP contribution in [0.25, 0.3) is 0 Å². The molecule has 2 fully saturated rings. The predicted octanol–water partition coefficient (Wildman–Crippen LogP) is 3.01. The van der Waals surface area contributed by atoms with Crippen molar-refractivity contribution in [3.8, 4) is 0 Å². The average Bonchev–Trinajstić information content (AvgIpc) is 2.92. The van der Waals surface area contributed by atoms with Crippen LogP contribution in [0.15, 0.2) is 18.2 Å². The third-order valence-electron chi connectivity index (χ3n) is 6.38. The first-order valence-corrected chi connectivity index (χ1v) is 9.46. The number of nitrogens with zero attached hydrogens (tertiary/aromatic N) is 2. The Bertz CT molecular complexity index is 620. The van der Waals surface area contributed by atoms with Crippen molar-refractivity contribution in [2.24, 2.45) is 11.3 Å². The summed E-state index contributed by atoms with van der Waals surface area (Å²) in [6.45, 7) is 11.9. The van der Waals surface area contributed by atoms with E-state index in [0.29, 0.717) is 5.92 Å². The maximum atomic E-state index is 11.9. The van der Waals surface area contributed by atoms with Crippen LogP contribution in [0.1, 0.15) is 36.5 Å². The molecule has 0 aromatic heterocycles. The Morgan fingerprint density at radius 3 is 2.64 bits per heavy atom. The molecule has 2 aliphatic heterocycles. The van der Waals surface area contributed by atoms with Crippen molar-refractivity contribution in [1.29, 1.82) is 0 Å². The number of amides is 1.